The van der Waals surface area contributed by atoms with Crippen LogP contribution in [0.25, 0.3) is 0 Å². The van der Waals surface area contributed by atoms with E-state index >= 15 is 0 Å². The van der Waals surface area contributed by atoms with Gasteiger partial charge in [-0.05, 0) is 46.3 Å². The number of nitrogens with one attached hydrogen (secondary N) is 1. The normalized spacial score (nSPS) is 23.5. The summed E-state index contributed by atoms with van der Waals surface area (Å²) in [6.45, 7) is 8.84. The molecule has 4 nitrogen and oxygen atoms in total. The van der Waals surface area contributed by atoms with Gasteiger partial charge in [-0.15, -0.1) is 0 Å². The average Bonchev–Trinajstić information content (AvgIpc) is 2.36. The van der Waals surface area contributed by atoms with Crippen LogP contribution in [0.3, 0.4) is 0 Å². The SMILES string of the molecule is COCCN(C)CCNC(C)C1CCCN(C)C1. The van der Waals surface area contributed by atoms with Crippen LogP contribution in [0.5, 0.6) is 0 Å². The van der Waals surface area contributed by atoms with Gasteiger partial charge in [-0.2, -0.15) is 0 Å². The van der Waals surface area contributed by atoms with Gasteiger partial charge < -0.3 is 19.9 Å². The van der Waals surface area contributed by atoms with Gasteiger partial charge in [-0.3, -0.25) is 0 Å². The van der Waals surface area contributed by atoms with Gasteiger partial charge in [0.2, 0.25) is 0 Å². The highest BCUT2D eigenvalue weighted by Gasteiger charge is 2.22. The molecule has 4 heteroatoms. The highest BCUT2D eigenvalue weighted by molar-refractivity contribution is 4.79. The summed E-state index contributed by atoms with van der Waals surface area (Å²) in [6, 6.07) is 0.628. The Morgan fingerprint density at radius 2 is 2.22 bits per heavy atom. The number of piperidine rings is 1. The number of hydrogen-bond donors (Lipinski definition) is 1. The van der Waals surface area contributed by atoms with Crippen LogP contribution in [0.1, 0.15) is 19.8 Å². The maximum absolute atomic E-state index is 5.08. The molecule has 18 heavy (non-hydrogen) atoms. The second kappa shape index (κ2) is 8.86. The van der Waals surface area contributed by atoms with Gasteiger partial charge >= 0.3 is 0 Å². The first kappa shape index (κ1) is 15.9. The average molecular weight is 257 g/mol. The van der Waals surface area contributed by atoms with E-state index in [1.165, 1.54) is 25.9 Å². The van der Waals surface area contributed by atoms with Crippen LogP contribution in [0.4, 0.5) is 0 Å². The third kappa shape index (κ3) is 6.14. The lowest BCUT2D eigenvalue weighted by Gasteiger charge is -2.34. The van der Waals surface area contributed by atoms with E-state index in [2.05, 4.69) is 36.1 Å². The number of nitrogens with zero attached hydrogens (tertiary/aromatic N) is 2. The Morgan fingerprint density at radius 1 is 1.44 bits per heavy atom. The Bertz CT molecular complexity index is 213. The Labute approximate surface area is 113 Å². The molecule has 1 aliphatic rings. The molecule has 1 fully saturated rings. The molecule has 1 saturated heterocycles. The van der Waals surface area contributed by atoms with E-state index in [-0.39, 0.29) is 0 Å². The molecule has 1 heterocycles. The quantitative estimate of drug-likeness (QED) is 0.699. The minimum absolute atomic E-state index is 0.628. The maximum Gasteiger partial charge on any atom is 0.0589 e. The summed E-state index contributed by atoms with van der Waals surface area (Å²) >= 11 is 0. The molecule has 0 aromatic heterocycles. The molecular weight excluding hydrogens is 226 g/mol. The van der Waals surface area contributed by atoms with Gasteiger partial charge in [0.1, 0.15) is 0 Å². The fourth-order valence-electron chi connectivity index (χ4n) is 2.62. The number of ether oxygens (including phenoxy) is 1. The van der Waals surface area contributed by atoms with Crippen LogP contribution >= 0.6 is 0 Å². The smallest absolute Gasteiger partial charge is 0.0589 e. The van der Waals surface area contributed by atoms with Crippen molar-refractivity contribution < 1.29 is 4.74 Å². The van der Waals surface area contributed by atoms with E-state index in [1.807, 2.05) is 0 Å². The first-order valence-corrected chi connectivity index (χ1v) is 7.23. The van der Waals surface area contributed by atoms with E-state index < -0.39 is 0 Å². The largest absolute Gasteiger partial charge is 0.383 e. The second-order valence-electron chi connectivity index (χ2n) is 5.70. The lowest BCUT2D eigenvalue weighted by atomic mass is 9.92. The standard InChI is InChI=1S/C14H31N3O/c1-13(14-6-5-8-17(3)12-14)15-7-9-16(2)10-11-18-4/h13-15H,5-12H2,1-4H3. The Balaban J connectivity index is 2.10. The van der Waals surface area contributed by atoms with Gasteiger partial charge in [0, 0.05) is 39.3 Å². The molecule has 0 saturated carbocycles. The summed E-state index contributed by atoms with van der Waals surface area (Å²) < 4.78 is 5.08. The third-order valence-electron chi connectivity index (χ3n) is 4.01. The predicted octanol–water partition coefficient (Wildman–Crippen LogP) is 0.885. The van der Waals surface area contributed by atoms with E-state index in [9.17, 15) is 0 Å². The topological polar surface area (TPSA) is 27.7 Å². The summed E-state index contributed by atoms with van der Waals surface area (Å²) in [6.07, 6.45) is 2.72. The van der Waals surface area contributed by atoms with Crippen molar-refractivity contribution in [2.24, 2.45) is 5.92 Å². The predicted molar refractivity (Wildman–Crippen MR) is 77.1 cm³/mol. The second-order valence-corrected chi connectivity index (χ2v) is 5.70. The summed E-state index contributed by atoms with van der Waals surface area (Å²) in [7, 11) is 6.14. The summed E-state index contributed by atoms with van der Waals surface area (Å²) in [5.74, 6) is 0.813. The Morgan fingerprint density at radius 3 is 2.89 bits per heavy atom. The van der Waals surface area contributed by atoms with Crippen molar-refractivity contribution in [1.82, 2.24) is 15.1 Å². The van der Waals surface area contributed by atoms with E-state index in [1.54, 1.807) is 7.11 Å². The number of rotatable bonds is 8. The highest BCUT2D eigenvalue weighted by atomic mass is 16.5. The first-order valence-electron chi connectivity index (χ1n) is 7.23. The fourth-order valence-corrected chi connectivity index (χ4v) is 2.62. The van der Waals surface area contributed by atoms with E-state index in [4.69, 9.17) is 4.74 Å². The zero-order chi connectivity index (χ0) is 13.4. The lowest BCUT2D eigenvalue weighted by Crippen LogP contribution is -2.45. The number of likely N-dealkylation sites (tertiary alicyclic amines) is 1. The van der Waals surface area contributed by atoms with Crippen molar-refractivity contribution >= 4 is 0 Å². The van der Waals surface area contributed by atoms with E-state index in [0.717, 1.165) is 32.2 Å². The van der Waals surface area contributed by atoms with Gasteiger partial charge in [0.25, 0.3) is 0 Å². The molecule has 0 radical (unpaired) electrons. The summed E-state index contributed by atoms with van der Waals surface area (Å²) in [4.78, 5) is 4.77. The van der Waals surface area contributed by atoms with Crippen LogP contribution in [0.2, 0.25) is 0 Å². The molecule has 0 aromatic rings. The summed E-state index contributed by atoms with van der Waals surface area (Å²) in [5, 5.41) is 3.67. The van der Waals surface area contributed by atoms with Gasteiger partial charge in [0.05, 0.1) is 6.61 Å². The maximum atomic E-state index is 5.08. The van der Waals surface area contributed by atoms with Gasteiger partial charge in [-0.25, -0.2) is 0 Å². The van der Waals surface area contributed by atoms with Crippen molar-refractivity contribution in [3.05, 3.63) is 0 Å². The fraction of sp³-hybridized carbons (Fsp3) is 1.00. The highest BCUT2D eigenvalue weighted by Crippen LogP contribution is 2.18. The number of hydrogen-bond acceptors (Lipinski definition) is 4. The minimum atomic E-state index is 0.628. The number of methoxy groups -OCH3 is 1. The van der Waals surface area contributed by atoms with Crippen LogP contribution in [-0.2, 0) is 4.74 Å². The van der Waals surface area contributed by atoms with Crippen molar-refractivity contribution in [1.29, 1.82) is 0 Å². The minimum Gasteiger partial charge on any atom is -0.383 e. The van der Waals surface area contributed by atoms with Crippen molar-refractivity contribution in [2.75, 3.05) is 60.5 Å². The Hall–Kier alpha value is -0.160. The number of likely N-dealkylation sites (N-methyl/N-ethyl adjacent to an activating group) is 1. The molecule has 0 bridgehead atoms. The Kier molecular flexibility index (Phi) is 7.82. The molecular formula is C14H31N3O. The van der Waals surface area contributed by atoms with Crippen molar-refractivity contribution in [3.8, 4) is 0 Å². The summed E-state index contributed by atoms with van der Waals surface area (Å²) in [5.41, 5.74) is 0. The molecule has 108 valence electrons. The van der Waals surface area contributed by atoms with Gasteiger partial charge in [0.15, 0.2) is 0 Å². The van der Waals surface area contributed by atoms with Crippen molar-refractivity contribution in [3.63, 3.8) is 0 Å². The molecule has 2 unspecified atom stereocenters. The first-order chi connectivity index (χ1) is 8.63. The molecule has 0 amide bonds. The van der Waals surface area contributed by atoms with Crippen LogP contribution in [0, 0.1) is 5.92 Å². The van der Waals surface area contributed by atoms with Crippen LogP contribution < -0.4 is 5.32 Å². The monoisotopic (exact) mass is 257 g/mol. The molecule has 0 aromatic carbocycles. The van der Waals surface area contributed by atoms with Crippen LogP contribution in [0.15, 0.2) is 0 Å². The molecule has 2 atom stereocenters. The lowest BCUT2D eigenvalue weighted by molar-refractivity contribution is 0.156. The molecule has 0 spiro atoms. The van der Waals surface area contributed by atoms with Crippen molar-refractivity contribution in [2.45, 2.75) is 25.8 Å². The van der Waals surface area contributed by atoms with Crippen LogP contribution in [-0.4, -0.2) is 76.4 Å². The molecule has 1 N–H and O–H groups in total. The third-order valence-corrected chi connectivity index (χ3v) is 4.01. The zero-order valence-electron chi connectivity index (χ0n) is 12.6. The van der Waals surface area contributed by atoms with E-state index in [0.29, 0.717) is 6.04 Å². The molecule has 1 rings (SSSR count). The van der Waals surface area contributed by atoms with Gasteiger partial charge in [-0.1, -0.05) is 0 Å². The zero-order valence-corrected chi connectivity index (χ0v) is 12.6. The molecule has 0 aliphatic carbocycles. The molecule has 1 aliphatic heterocycles.